The summed E-state index contributed by atoms with van der Waals surface area (Å²) < 4.78 is 5.63. The zero-order valence-corrected chi connectivity index (χ0v) is 18.4. The zero-order chi connectivity index (χ0) is 23.4. The van der Waals surface area contributed by atoms with Crippen molar-refractivity contribution in [3.63, 3.8) is 0 Å². The summed E-state index contributed by atoms with van der Waals surface area (Å²) in [5, 5.41) is 10.2. The Morgan fingerprint density at radius 3 is 2.06 bits per heavy atom. The topological polar surface area (TPSA) is 79.7 Å². The normalized spacial score (nSPS) is 10.5. The molecule has 1 aromatic heterocycles. The van der Waals surface area contributed by atoms with Crippen LogP contribution in [0.4, 0.5) is 11.4 Å². The number of pyridine rings is 1. The first-order valence-corrected chi connectivity index (χ1v) is 10.4. The molecular weight excluding hydrogens is 440 g/mol. The van der Waals surface area contributed by atoms with Gasteiger partial charge in [-0.15, -0.1) is 0 Å². The van der Waals surface area contributed by atoms with E-state index in [9.17, 15) is 14.7 Å². The van der Waals surface area contributed by atoms with Crippen LogP contribution >= 0.6 is 11.6 Å². The summed E-state index contributed by atoms with van der Waals surface area (Å²) in [5.74, 6) is -1.13. The Balaban J connectivity index is 1.56. The third-order valence-corrected chi connectivity index (χ3v) is 5.25. The van der Waals surface area contributed by atoms with Crippen molar-refractivity contribution < 1.29 is 19.4 Å². The van der Waals surface area contributed by atoms with Crippen molar-refractivity contribution in [3.05, 3.63) is 113 Å². The summed E-state index contributed by atoms with van der Waals surface area (Å²) in [4.78, 5) is 30.7. The number of aromatic nitrogens is 1. The SMILES string of the molecule is CN(c1ccc(Cl)cc1)c1ccc(C(=O)c2ccc(Oc3ccccc3)c(C(=O)O)n2)cc1. The average Bonchev–Trinajstić information content (AvgIpc) is 2.84. The number of ether oxygens (including phenoxy) is 1. The fourth-order valence-corrected chi connectivity index (χ4v) is 3.35. The van der Waals surface area contributed by atoms with Gasteiger partial charge in [0.15, 0.2) is 11.4 Å². The average molecular weight is 459 g/mol. The first kappa shape index (κ1) is 22.0. The van der Waals surface area contributed by atoms with Gasteiger partial charge in [-0.3, -0.25) is 4.79 Å². The molecule has 0 saturated heterocycles. The second-order valence-corrected chi connectivity index (χ2v) is 7.61. The van der Waals surface area contributed by atoms with Crippen LogP contribution in [-0.4, -0.2) is 28.9 Å². The van der Waals surface area contributed by atoms with Gasteiger partial charge >= 0.3 is 5.97 Å². The van der Waals surface area contributed by atoms with E-state index in [1.807, 2.05) is 54.4 Å². The highest BCUT2D eigenvalue weighted by Crippen LogP contribution is 2.27. The maximum Gasteiger partial charge on any atom is 0.358 e. The van der Waals surface area contributed by atoms with E-state index in [0.717, 1.165) is 11.4 Å². The lowest BCUT2D eigenvalue weighted by Crippen LogP contribution is -2.11. The Labute approximate surface area is 195 Å². The molecule has 7 heteroatoms. The van der Waals surface area contributed by atoms with Gasteiger partial charge in [-0.1, -0.05) is 29.8 Å². The quantitative estimate of drug-likeness (QED) is 0.331. The second-order valence-electron chi connectivity index (χ2n) is 7.17. The molecule has 164 valence electrons. The predicted molar refractivity (Wildman–Crippen MR) is 127 cm³/mol. The van der Waals surface area contributed by atoms with Crippen molar-refractivity contribution >= 4 is 34.7 Å². The van der Waals surface area contributed by atoms with E-state index < -0.39 is 5.97 Å². The molecule has 0 aliphatic carbocycles. The molecule has 0 aliphatic rings. The van der Waals surface area contributed by atoms with E-state index in [1.54, 1.807) is 36.4 Å². The van der Waals surface area contributed by atoms with Crippen LogP contribution < -0.4 is 9.64 Å². The molecule has 0 unspecified atom stereocenters. The number of hydrogen-bond donors (Lipinski definition) is 1. The molecular formula is C26H19ClN2O4. The number of anilines is 2. The minimum absolute atomic E-state index is 0.0200. The Morgan fingerprint density at radius 1 is 0.848 bits per heavy atom. The van der Waals surface area contributed by atoms with Crippen molar-refractivity contribution in [2.75, 3.05) is 11.9 Å². The highest BCUT2D eigenvalue weighted by atomic mass is 35.5. The monoisotopic (exact) mass is 458 g/mol. The molecule has 0 radical (unpaired) electrons. The number of carboxylic acids is 1. The van der Waals surface area contributed by atoms with Gasteiger partial charge in [0.05, 0.1) is 0 Å². The molecule has 0 aliphatic heterocycles. The highest BCUT2D eigenvalue weighted by Gasteiger charge is 2.19. The molecule has 1 heterocycles. The molecule has 4 rings (SSSR count). The Morgan fingerprint density at radius 2 is 1.45 bits per heavy atom. The lowest BCUT2D eigenvalue weighted by Gasteiger charge is -2.19. The van der Waals surface area contributed by atoms with Gasteiger partial charge in [-0.2, -0.15) is 0 Å². The summed E-state index contributed by atoms with van der Waals surface area (Å²) in [6.07, 6.45) is 0. The number of nitrogens with zero attached hydrogens (tertiary/aromatic N) is 2. The van der Waals surface area contributed by atoms with Gasteiger partial charge < -0.3 is 14.7 Å². The first-order chi connectivity index (χ1) is 15.9. The lowest BCUT2D eigenvalue weighted by atomic mass is 10.1. The number of halogens is 1. The zero-order valence-electron chi connectivity index (χ0n) is 17.6. The van der Waals surface area contributed by atoms with Crippen LogP contribution in [-0.2, 0) is 0 Å². The summed E-state index contributed by atoms with van der Waals surface area (Å²) in [6.45, 7) is 0. The molecule has 0 spiro atoms. The van der Waals surface area contributed by atoms with E-state index in [-0.39, 0.29) is 22.9 Å². The third kappa shape index (κ3) is 5.02. The number of carbonyl (C=O) groups excluding carboxylic acids is 1. The van der Waals surface area contributed by atoms with Crippen LogP contribution in [0.15, 0.2) is 91.0 Å². The number of para-hydroxylation sites is 1. The van der Waals surface area contributed by atoms with E-state index >= 15 is 0 Å². The van der Waals surface area contributed by atoms with Gasteiger partial charge in [-0.25, -0.2) is 9.78 Å². The molecule has 0 fully saturated rings. The van der Waals surface area contributed by atoms with Crippen LogP contribution in [0.25, 0.3) is 0 Å². The summed E-state index contributed by atoms with van der Waals surface area (Å²) in [5.41, 5.74) is 1.90. The Hall–Kier alpha value is -4.16. The van der Waals surface area contributed by atoms with Gasteiger partial charge in [0.1, 0.15) is 11.4 Å². The molecule has 6 nitrogen and oxygen atoms in total. The summed E-state index contributed by atoms with van der Waals surface area (Å²) in [7, 11) is 1.91. The number of carboxylic acid groups (broad SMARTS) is 1. The van der Waals surface area contributed by atoms with Crippen molar-refractivity contribution in [1.82, 2.24) is 4.98 Å². The standard InChI is InChI=1S/C26H19ClN2O4/c1-29(20-13-9-18(27)10-14-20)19-11-7-17(8-12-19)25(30)22-15-16-23(24(28-22)26(31)32)33-21-5-3-2-4-6-21/h2-16H,1H3,(H,31,32). The molecule has 4 aromatic rings. The van der Waals surface area contributed by atoms with E-state index in [4.69, 9.17) is 16.3 Å². The molecule has 0 saturated carbocycles. The molecule has 3 aromatic carbocycles. The van der Waals surface area contributed by atoms with Gasteiger partial charge in [-0.05, 0) is 72.8 Å². The largest absolute Gasteiger partial charge is 0.476 e. The number of rotatable bonds is 7. The van der Waals surface area contributed by atoms with E-state index in [2.05, 4.69) is 4.98 Å². The van der Waals surface area contributed by atoms with Gasteiger partial charge in [0.2, 0.25) is 5.78 Å². The van der Waals surface area contributed by atoms with Gasteiger partial charge in [0, 0.05) is 29.0 Å². The Kier molecular flexibility index (Phi) is 6.38. The van der Waals surface area contributed by atoms with Crippen LogP contribution in [0.1, 0.15) is 26.5 Å². The first-order valence-electron chi connectivity index (χ1n) is 10.0. The number of hydrogen-bond acceptors (Lipinski definition) is 5. The van der Waals surface area contributed by atoms with E-state index in [1.165, 1.54) is 12.1 Å². The second kappa shape index (κ2) is 9.54. The maximum absolute atomic E-state index is 13.0. The molecule has 1 N–H and O–H groups in total. The lowest BCUT2D eigenvalue weighted by molar-refractivity contribution is 0.0687. The minimum atomic E-state index is -1.28. The molecule has 33 heavy (non-hydrogen) atoms. The van der Waals surface area contributed by atoms with Gasteiger partial charge in [0.25, 0.3) is 0 Å². The van der Waals surface area contributed by atoms with Crippen molar-refractivity contribution in [3.8, 4) is 11.5 Å². The summed E-state index contributed by atoms with van der Waals surface area (Å²) >= 11 is 5.95. The van der Waals surface area contributed by atoms with Crippen molar-refractivity contribution in [1.29, 1.82) is 0 Å². The van der Waals surface area contributed by atoms with Crippen LogP contribution in [0, 0.1) is 0 Å². The van der Waals surface area contributed by atoms with Crippen LogP contribution in [0.5, 0.6) is 11.5 Å². The maximum atomic E-state index is 13.0. The fourth-order valence-electron chi connectivity index (χ4n) is 3.22. The smallest absolute Gasteiger partial charge is 0.358 e. The molecule has 0 bridgehead atoms. The highest BCUT2D eigenvalue weighted by molar-refractivity contribution is 6.30. The molecule has 0 atom stereocenters. The number of benzene rings is 3. The number of carbonyl (C=O) groups is 2. The number of aromatic carboxylic acids is 1. The Bertz CT molecular complexity index is 1290. The van der Waals surface area contributed by atoms with Crippen molar-refractivity contribution in [2.24, 2.45) is 0 Å². The van der Waals surface area contributed by atoms with E-state index in [0.29, 0.717) is 16.3 Å². The minimum Gasteiger partial charge on any atom is -0.476 e. The third-order valence-electron chi connectivity index (χ3n) is 5.00. The molecule has 0 amide bonds. The van der Waals surface area contributed by atoms with Crippen LogP contribution in [0.3, 0.4) is 0 Å². The predicted octanol–water partition coefficient (Wildman–Crippen LogP) is 6.22. The van der Waals surface area contributed by atoms with Crippen molar-refractivity contribution in [2.45, 2.75) is 0 Å². The fraction of sp³-hybridized carbons (Fsp3) is 0.0385. The number of ketones is 1. The summed E-state index contributed by atoms with van der Waals surface area (Å²) in [6, 6.07) is 26.1. The van der Waals surface area contributed by atoms with Crippen LogP contribution in [0.2, 0.25) is 5.02 Å².